The van der Waals surface area contributed by atoms with Crippen LogP contribution in [0.15, 0.2) is 30.5 Å². The van der Waals surface area contributed by atoms with E-state index in [0.29, 0.717) is 18.7 Å². The number of hydrogen-bond donors (Lipinski definition) is 1. The molecule has 3 aromatic rings. The molecule has 2 atom stereocenters. The number of aliphatic hydroxyl groups excluding tert-OH is 1. The van der Waals surface area contributed by atoms with Gasteiger partial charge in [-0.1, -0.05) is 0 Å². The first-order chi connectivity index (χ1) is 17.1. The Labute approximate surface area is 215 Å². The number of pyridine rings is 1. The Bertz CT molecular complexity index is 1350. The number of aryl methyl sites for hydroxylation is 1. The number of ether oxygens (including phenoxy) is 1. The summed E-state index contributed by atoms with van der Waals surface area (Å²) in [5.41, 5.74) is 5.34. The van der Waals surface area contributed by atoms with Crippen molar-refractivity contribution in [3.63, 3.8) is 0 Å². The Morgan fingerprint density at radius 3 is 2.81 bits per heavy atom. The van der Waals surface area contributed by atoms with Crippen molar-refractivity contribution in [2.24, 2.45) is 0 Å². The van der Waals surface area contributed by atoms with Gasteiger partial charge in [-0.3, -0.25) is 4.98 Å². The van der Waals surface area contributed by atoms with Crippen LogP contribution in [-0.4, -0.2) is 52.4 Å². The van der Waals surface area contributed by atoms with Gasteiger partial charge in [-0.05, 0) is 76.8 Å². The molecule has 0 spiro atoms. The highest BCUT2D eigenvalue weighted by atomic mass is 32.1. The van der Waals surface area contributed by atoms with Gasteiger partial charge in [0.1, 0.15) is 5.60 Å². The van der Waals surface area contributed by atoms with E-state index in [-0.39, 0.29) is 12.1 Å². The lowest BCUT2D eigenvalue weighted by Crippen LogP contribution is -2.43. The number of carbonyl (C=O) groups excluding carboxylic acids is 1. The number of aliphatic hydroxyl groups is 1. The summed E-state index contributed by atoms with van der Waals surface area (Å²) < 4.78 is 6.64. The van der Waals surface area contributed by atoms with Gasteiger partial charge in [0, 0.05) is 53.6 Å². The number of benzene rings is 1. The maximum absolute atomic E-state index is 12.7. The summed E-state index contributed by atoms with van der Waals surface area (Å²) in [4.78, 5) is 22.4. The standard InChI is InChI=1S/C28H32N4O3S/c1-17(33)24-14-23-26(36-24)21(7-9-30-23)22-13-18(15-29)12-19-6-5-10-32(25(19)22)20-8-11-31(16-20)27(34)35-28(2,3)4/h7,9,12-14,17,20,33H,5-6,8,10-11,16H2,1-4H3/t17-,20+/m0/s1. The lowest BCUT2D eigenvalue weighted by atomic mass is 9.90. The third-order valence-electron chi connectivity index (χ3n) is 6.84. The van der Waals surface area contributed by atoms with Crippen LogP contribution in [-0.2, 0) is 11.2 Å². The monoisotopic (exact) mass is 504 g/mol. The van der Waals surface area contributed by atoms with Crippen LogP contribution in [0.2, 0.25) is 0 Å². The summed E-state index contributed by atoms with van der Waals surface area (Å²) in [6.07, 6.45) is 3.76. The highest BCUT2D eigenvalue weighted by Crippen LogP contribution is 2.44. The van der Waals surface area contributed by atoms with Crippen molar-refractivity contribution < 1.29 is 14.6 Å². The molecule has 0 bridgehead atoms. The molecule has 7 nitrogen and oxygen atoms in total. The Morgan fingerprint density at radius 1 is 1.28 bits per heavy atom. The van der Waals surface area contributed by atoms with Crippen LogP contribution in [0.3, 0.4) is 0 Å². The molecule has 36 heavy (non-hydrogen) atoms. The van der Waals surface area contributed by atoms with Crippen molar-refractivity contribution in [1.29, 1.82) is 5.26 Å². The number of amides is 1. The number of anilines is 1. The lowest BCUT2D eigenvalue weighted by Gasteiger charge is -2.38. The highest BCUT2D eigenvalue weighted by Gasteiger charge is 2.36. The molecule has 1 saturated heterocycles. The highest BCUT2D eigenvalue weighted by molar-refractivity contribution is 7.19. The number of aromatic nitrogens is 1. The van der Waals surface area contributed by atoms with Crippen LogP contribution >= 0.6 is 11.3 Å². The third-order valence-corrected chi connectivity index (χ3v) is 8.17. The Hall–Kier alpha value is -3.15. The molecule has 0 unspecified atom stereocenters. The molecule has 2 aromatic heterocycles. The quantitative estimate of drug-likeness (QED) is 0.496. The number of nitriles is 1. The Balaban J connectivity index is 1.57. The second-order valence-corrected chi connectivity index (χ2v) is 11.8. The normalized spacial score (nSPS) is 18.7. The summed E-state index contributed by atoms with van der Waals surface area (Å²) >= 11 is 1.55. The van der Waals surface area contributed by atoms with Crippen LogP contribution in [0.5, 0.6) is 0 Å². The molecule has 0 saturated carbocycles. The molecule has 2 aliphatic heterocycles. The number of fused-ring (bicyclic) bond motifs is 2. The van der Waals surface area contributed by atoms with Crippen LogP contribution in [0.1, 0.15) is 62.6 Å². The van der Waals surface area contributed by atoms with Gasteiger partial charge in [0.2, 0.25) is 0 Å². The molecule has 8 heteroatoms. The molecular weight excluding hydrogens is 472 g/mol. The first-order valence-corrected chi connectivity index (χ1v) is 13.3. The average Bonchev–Trinajstić information content (AvgIpc) is 3.49. The number of carbonyl (C=O) groups is 1. The molecule has 1 aromatic carbocycles. The maximum Gasteiger partial charge on any atom is 0.410 e. The summed E-state index contributed by atoms with van der Waals surface area (Å²) in [5.74, 6) is 0. The number of nitrogens with zero attached hydrogens (tertiary/aromatic N) is 4. The first kappa shape index (κ1) is 24.5. The van der Waals surface area contributed by atoms with Crippen LogP contribution in [0, 0.1) is 11.3 Å². The molecule has 1 amide bonds. The van der Waals surface area contributed by atoms with Crippen LogP contribution in [0.4, 0.5) is 10.5 Å². The van der Waals surface area contributed by atoms with Crippen molar-refractivity contribution >= 4 is 33.3 Å². The van der Waals surface area contributed by atoms with Gasteiger partial charge in [-0.15, -0.1) is 11.3 Å². The number of hydrogen-bond acceptors (Lipinski definition) is 7. The van der Waals surface area contributed by atoms with Gasteiger partial charge < -0.3 is 19.6 Å². The van der Waals surface area contributed by atoms with Gasteiger partial charge >= 0.3 is 6.09 Å². The van der Waals surface area contributed by atoms with Gasteiger partial charge in [0.15, 0.2) is 0 Å². The van der Waals surface area contributed by atoms with E-state index in [1.54, 1.807) is 24.5 Å². The molecule has 1 N–H and O–H groups in total. The van der Waals surface area contributed by atoms with E-state index in [2.05, 4.69) is 16.0 Å². The summed E-state index contributed by atoms with van der Waals surface area (Å²) in [6.45, 7) is 9.62. The molecule has 2 aliphatic rings. The fourth-order valence-electron chi connectivity index (χ4n) is 5.27. The molecule has 5 rings (SSSR count). The topological polar surface area (TPSA) is 89.7 Å². The zero-order chi connectivity index (χ0) is 25.6. The fourth-order valence-corrected chi connectivity index (χ4v) is 6.35. The predicted molar refractivity (Wildman–Crippen MR) is 142 cm³/mol. The second-order valence-electron chi connectivity index (χ2n) is 10.7. The van der Waals surface area contributed by atoms with E-state index >= 15 is 0 Å². The van der Waals surface area contributed by atoms with Gasteiger partial charge in [-0.25, -0.2) is 4.79 Å². The zero-order valence-corrected chi connectivity index (χ0v) is 22.1. The van der Waals surface area contributed by atoms with Crippen LogP contribution < -0.4 is 4.90 Å². The maximum atomic E-state index is 12.7. The van der Waals surface area contributed by atoms with E-state index in [1.165, 1.54) is 5.56 Å². The van der Waals surface area contributed by atoms with Crippen molar-refractivity contribution in [3.05, 3.63) is 46.5 Å². The minimum absolute atomic E-state index is 0.178. The molecule has 0 aliphatic carbocycles. The molecular formula is C28H32N4O3S. The predicted octanol–water partition coefficient (Wildman–Crippen LogP) is 5.65. The van der Waals surface area contributed by atoms with E-state index < -0.39 is 11.7 Å². The molecule has 188 valence electrons. The fraction of sp³-hybridized carbons (Fsp3) is 0.464. The van der Waals surface area contributed by atoms with E-state index in [0.717, 1.165) is 57.7 Å². The summed E-state index contributed by atoms with van der Waals surface area (Å²) in [5, 5.41) is 20.0. The largest absolute Gasteiger partial charge is 0.444 e. The minimum atomic E-state index is -0.565. The van der Waals surface area contributed by atoms with Gasteiger partial charge in [0.05, 0.1) is 28.0 Å². The van der Waals surface area contributed by atoms with E-state index in [4.69, 9.17) is 4.74 Å². The van der Waals surface area contributed by atoms with E-state index in [9.17, 15) is 15.2 Å². The van der Waals surface area contributed by atoms with Gasteiger partial charge in [-0.2, -0.15) is 5.26 Å². The minimum Gasteiger partial charge on any atom is -0.444 e. The third kappa shape index (κ3) is 4.65. The number of rotatable bonds is 3. The Morgan fingerprint density at radius 2 is 2.08 bits per heavy atom. The van der Waals surface area contributed by atoms with Crippen LogP contribution in [0.25, 0.3) is 21.3 Å². The SMILES string of the molecule is C[C@H](O)c1cc2nccc(-c3cc(C#N)cc4c3N([C@@H]3CCN(C(=O)OC(C)(C)C)C3)CCC4)c2s1. The molecule has 1 fully saturated rings. The number of likely N-dealkylation sites (tertiary alicyclic amines) is 1. The zero-order valence-electron chi connectivity index (χ0n) is 21.2. The van der Waals surface area contributed by atoms with Crippen molar-refractivity contribution in [2.45, 2.75) is 64.7 Å². The molecule has 0 radical (unpaired) electrons. The average molecular weight is 505 g/mol. The smallest absolute Gasteiger partial charge is 0.410 e. The van der Waals surface area contributed by atoms with Crippen molar-refractivity contribution in [1.82, 2.24) is 9.88 Å². The molecule has 4 heterocycles. The van der Waals surface area contributed by atoms with Gasteiger partial charge in [0.25, 0.3) is 0 Å². The second kappa shape index (κ2) is 9.38. The summed E-state index contributed by atoms with van der Waals surface area (Å²) in [7, 11) is 0. The first-order valence-electron chi connectivity index (χ1n) is 12.5. The lowest BCUT2D eigenvalue weighted by molar-refractivity contribution is 0.0292. The Kier molecular flexibility index (Phi) is 6.39. The van der Waals surface area contributed by atoms with Crippen molar-refractivity contribution in [3.8, 4) is 17.2 Å². The summed E-state index contributed by atoms with van der Waals surface area (Å²) in [6, 6.07) is 10.5. The van der Waals surface area contributed by atoms with E-state index in [1.807, 2.05) is 49.9 Å². The number of thiophene rings is 1. The van der Waals surface area contributed by atoms with Crippen molar-refractivity contribution in [2.75, 3.05) is 24.5 Å².